The number of hydrogen-bond acceptors (Lipinski definition) is 21. The molecule has 0 aliphatic rings. The lowest BCUT2D eigenvalue weighted by molar-refractivity contribution is -0.147. The number of hydrogen-bond donors (Lipinski definition) is 19. The summed E-state index contributed by atoms with van der Waals surface area (Å²) in [7, 11) is 5.70. The Morgan fingerprint density at radius 3 is 0.901 bits per heavy atom. The normalized spacial score (nSPS) is 14.2. The van der Waals surface area contributed by atoms with E-state index < -0.39 is 158 Å². The predicted octanol–water partition coefficient (Wildman–Crippen LogP) is -8.85. The first-order valence-corrected chi connectivity index (χ1v) is 23.2. The highest BCUT2D eigenvalue weighted by Gasteiger charge is 2.32. The summed E-state index contributed by atoms with van der Waals surface area (Å²) in [6.45, 7) is -1.55. The largest absolute Gasteiger partial charge is 0.481 e. The number of nitrogens with one attached hydrogen (secondary N) is 10. The number of carbonyl (C=O) groups is 13. The molecule has 0 saturated carbocycles. The van der Waals surface area contributed by atoms with Gasteiger partial charge in [0.2, 0.25) is 41.4 Å². The molecule has 0 spiro atoms. The molecule has 0 bridgehead atoms. The summed E-state index contributed by atoms with van der Waals surface area (Å²) in [6, 6.07) is -6.92. The van der Waals surface area contributed by atoms with Gasteiger partial charge in [-0.05, 0) is 33.7 Å². The van der Waals surface area contributed by atoms with E-state index in [9.17, 15) is 67.4 Å². The fraction of sp³-hybridized carbons (Fsp3) is 0.649. The molecule has 9 atom stereocenters. The third kappa shape index (κ3) is 32.2. The van der Waals surface area contributed by atoms with Crippen LogP contribution in [-0.4, -0.2) is 250 Å². The topological polar surface area (TPSA) is 524 Å². The molecule has 19 N–H and O–H groups in total. The van der Waals surface area contributed by atoms with Gasteiger partial charge in [-0.25, -0.2) is 24.0 Å². The number of amides is 7. The summed E-state index contributed by atoms with van der Waals surface area (Å²) in [6.07, 6.45) is -3.80. The molecule has 0 aliphatic carbocycles. The lowest BCUT2D eigenvalue weighted by Gasteiger charge is -2.23. The summed E-state index contributed by atoms with van der Waals surface area (Å²) in [5.41, 5.74) is 0. The van der Waals surface area contributed by atoms with Crippen molar-refractivity contribution < 1.29 is 108 Å². The molecule has 0 fully saturated rings. The van der Waals surface area contributed by atoms with Crippen LogP contribution >= 0.6 is 23.5 Å². The molecule has 406 valence electrons. The first-order chi connectivity index (χ1) is 33.1. The van der Waals surface area contributed by atoms with Crippen molar-refractivity contribution in [3.63, 3.8) is 0 Å². The third-order valence-corrected chi connectivity index (χ3v) is 9.98. The van der Waals surface area contributed by atoms with Crippen molar-refractivity contribution in [2.24, 2.45) is 0 Å². The Morgan fingerprint density at radius 1 is 0.380 bits per heavy atom. The van der Waals surface area contributed by atoms with E-state index >= 15 is 0 Å². The van der Waals surface area contributed by atoms with Crippen molar-refractivity contribution >= 4 is 101 Å². The highest BCUT2D eigenvalue weighted by Crippen LogP contribution is 2.04. The molecule has 0 aliphatic heterocycles. The van der Waals surface area contributed by atoms with Gasteiger partial charge in [-0.3, -0.25) is 38.4 Å². The number of aliphatic hydroxyl groups excluding tert-OH is 3. The SMILES string of the molecule is CNC(=O)C(CC(=O)NCC(O)C(=O)O)NC.CNC(CC(=O)NCC(O)C(=O)O)C(=O)N[C@@H](CSC)C(=O)O.CN[C@@H](CC(=O)O)C(=O)NC(CC(=O)NCC(O)C(=O)O)C(=O)N[C@@H](CSC)C(=O)O. The van der Waals surface area contributed by atoms with Gasteiger partial charge in [-0.15, -0.1) is 0 Å². The number of carboxylic acid groups (broad SMARTS) is 6. The van der Waals surface area contributed by atoms with E-state index in [4.69, 9.17) is 40.9 Å². The zero-order chi connectivity index (χ0) is 55.6. The second kappa shape index (κ2) is 38.3. The van der Waals surface area contributed by atoms with E-state index in [1.54, 1.807) is 12.5 Å². The lowest BCUT2D eigenvalue weighted by Crippen LogP contribution is -2.56. The number of carbonyl (C=O) groups excluding carboxylic acids is 7. The summed E-state index contributed by atoms with van der Waals surface area (Å²) in [5, 5.41) is 103. The van der Waals surface area contributed by atoms with Crippen LogP contribution in [0.5, 0.6) is 0 Å². The lowest BCUT2D eigenvalue weighted by atomic mass is 10.1. The number of likely N-dealkylation sites (N-methyl/N-ethyl adjacent to an activating group) is 4. The maximum absolute atomic E-state index is 12.5. The minimum Gasteiger partial charge on any atom is -0.481 e. The van der Waals surface area contributed by atoms with Crippen LogP contribution < -0.4 is 53.2 Å². The fourth-order valence-electron chi connectivity index (χ4n) is 4.70. The molecule has 7 amide bonds. The molecule has 0 saturated heterocycles. The molecule has 32 nitrogen and oxygen atoms in total. The van der Waals surface area contributed by atoms with Crippen molar-refractivity contribution in [1.29, 1.82) is 0 Å². The summed E-state index contributed by atoms with van der Waals surface area (Å²) < 4.78 is 0. The molecule has 0 aromatic heterocycles. The fourth-order valence-corrected chi connectivity index (χ4v) is 5.82. The van der Waals surface area contributed by atoms with Gasteiger partial charge in [0, 0.05) is 18.6 Å². The first kappa shape index (κ1) is 68.8. The van der Waals surface area contributed by atoms with Crippen molar-refractivity contribution in [3.05, 3.63) is 0 Å². The quantitative estimate of drug-likeness (QED) is 0.0290. The number of carboxylic acids is 6. The number of thioether (sulfide) groups is 2. The third-order valence-electron chi connectivity index (χ3n) is 8.65. The number of aliphatic carboxylic acids is 6. The van der Waals surface area contributed by atoms with Crippen LogP contribution in [0.25, 0.3) is 0 Å². The van der Waals surface area contributed by atoms with Crippen LogP contribution in [-0.2, 0) is 62.3 Å². The van der Waals surface area contributed by atoms with Crippen LogP contribution in [0.15, 0.2) is 0 Å². The Morgan fingerprint density at radius 2 is 0.648 bits per heavy atom. The van der Waals surface area contributed by atoms with Crippen molar-refractivity contribution in [3.8, 4) is 0 Å². The van der Waals surface area contributed by atoms with Crippen LogP contribution in [0.2, 0.25) is 0 Å². The van der Waals surface area contributed by atoms with Gasteiger partial charge in [0.25, 0.3) is 0 Å². The molecule has 71 heavy (non-hydrogen) atoms. The Kier molecular flexibility index (Phi) is 37.2. The van der Waals surface area contributed by atoms with Crippen LogP contribution in [0, 0.1) is 0 Å². The van der Waals surface area contributed by atoms with E-state index in [0.29, 0.717) is 0 Å². The Bertz CT molecular complexity index is 1820. The maximum Gasteiger partial charge on any atom is 0.334 e. The summed E-state index contributed by atoms with van der Waals surface area (Å²) >= 11 is 2.38. The highest BCUT2D eigenvalue weighted by atomic mass is 32.2. The predicted molar refractivity (Wildman–Crippen MR) is 246 cm³/mol. The minimum atomic E-state index is -1.90. The molecular formula is C37H64N10O22S2. The highest BCUT2D eigenvalue weighted by molar-refractivity contribution is 7.98. The second-order valence-corrected chi connectivity index (χ2v) is 15.9. The minimum absolute atomic E-state index is 0.00308. The monoisotopic (exact) mass is 1060 g/mol. The van der Waals surface area contributed by atoms with Gasteiger partial charge in [0.15, 0.2) is 18.3 Å². The standard InChI is InChI=1S/C16H26N4O10S.C12H21N3O7S.C9H17N3O5/c1-17-7(4-12(23)24)13(25)19-8(3-11(22)18-5-10(21)16(29)30)14(26)20-9(6-31-2)15(27)28;1-13-6(3-9(17)14-4-8(16)12(21)22)10(18)15-7(5-23-2)11(19)20;1-10-5(8(15)11-2)3-7(14)12-4-6(13)9(16)17/h7-10,17,21H,3-6H2,1-2H3,(H,18,22)(H,19,25)(H,20,26)(H,23,24)(H,27,28)(H,29,30);6-8,13,16H,3-5H2,1-2H3,(H,14,17)(H,15,18)(H,19,20)(H,21,22);5-6,10,13H,3-4H2,1-2H3,(H,11,15)(H,12,14)(H,16,17)/t7-,8?,9-,10?;6?,7-,8?;/m00./s1. The molecule has 0 heterocycles. The van der Waals surface area contributed by atoms with E-state index in [1.165, 1.54) is 40.0 Å². The number of aliphatic hydroxyl groups is 3. The van der Waals surface area contributed by atoms with Gasteiger partial charge in [0.1, 0.15) is 18.1 Å². The van der Waals surface area contributed by atoms with E-state index in [1.807, 2.05) is 0 Å². The maximum atomic E-state index is 12.5. The van der Waals surface area contributed by atoms with Gasteiger partial charge in [0.05, 0.1) is 63.4 Å². The Balaban J connectivity index is -0.00000102. The Labute approximate surface area is 413 Å². The van der Waals surface area contributed by atoms with Gasteiger partial charge >= 0.3 is 35.8 Å². The average molecular weight is 1070 g/mol. The molecule has 0 aromatic carbocycles. The first-order valence-electron chi connectivity index (χ1n) is 20.4. The molecule has 0 rings (SSSR count). The van der Waals surface area contributed by atoms with Gasteiger partial charge < -0.3 is 99.1 Å². The zero-order valence-corrected chi connectivity index (χ0v) is 40.8. The smallest absolute Gasteiger partial charge is 0.334 e. The van der Waals surface area contributed by atoms with Crippen LogP contribution in [0.4, 0.5) is 0 Å². The van der Waals surface area contributed by atoms with Gasteiger partial charge in [-0.2, -0.15) is 23.5 Å². The molecule has 6 unspecified atom stereocenters. The van der Waals surface area contributed by atoms with E-state index in [2.05, 4.69) is 53.2 Å². The van der Waals surface area contributed by atoms with E-state index in [0.717, 1.165) is 11.8 Å². The molecule has 34 heteroatoms. The second-order valence-electron chi connectivity index (χ2n) is 14.1. The summed E-state index contributed by atoms with van der Waals surface area (Å²) in [5.74, 6) is -13.2. The number of rotatable bonds is 33. The average Bonchev–Trinajstić information content (AvgIpc) is 3.30. The Hall–Kier alpha value is -6.43. The van der Waals surface area contributed by atoms with Gasteiger partial charge in [-0.1, -0.05) is 0 Å². The van der Waals surface area contributed by atoms with Crippen molar-refractivity contribution in [2.45, 2.75) is 80.2 Å². The molecule has 0 aromatic rings. The summed E-state index contributed by atoms with van der Waals surface area (Å²) in [4.78, 5) is 147. The van der Waals surface area contributed by atoms with Crippen LogP contribution in [0.1, 0.15) is 25.7 Å². The van der Waals surface area contributed by atoms with E-state index in [-0.39, 0.29) is 30.3 Å². The van der Waals surface area contributed by atoms with Crippen LogP contribution in [0.3, 0.4) is 0 Å². The van der Waals surface area contributed by atoms with Crippen molar-refractivity contribution in [1.82, 2.24) is 53.2 Å². The molecular weight excluding hydrogens is 1000 g/mol. The zero-order valence-electron chi connectivity index (χ0n) is 39.2. The molecule has 0 radical (unpaired) electrons. The van der Waals surface area contributed by atoms with Crippen molar-refractivity contribution in [2.75, 3.05) is 71.8 Å².